The number of nitrogens with one attached hydrogen (secondary N) is 12. The van der Waals surface area contributed by atoms with E-state index in [2.05, 4.69) is 78.7 Å². The number of nitrogens with two attached hydrogens (primary N) is 4. The molecular formula is C86H122N24O19S. The molecule has 6 aromatic rings. The number of phenolic OH excluding ortho intramolecular Hbond substituents is 1. The van der Waals surface area contributed by atoms with Gasteiger partial charge in [-0.3, -0.25) is 76.7 Å². The Labute approximate surface area is 754 Å². The van der Waals surface area contributed by atoms with Crippen molar-refractivity contribution in [2.24, 2.45) is 28.9 Å². The Morgan fingerprint density at radius 1 is 0.577 bits per heavy atom. The molecular weight excluding hydrogens is 1710 g/mol. The number of unbranched alkanes of at least 4 members (excludes halogenated alkanes) is 2. The van der Waals surface area contributed by atoms with E-state index in [1.165, 1.54) is 50.2 Å². The number of H-pyrrole nitrogens is 2. The number of hydrogen-bond acceptors (Lipinski definition) is 25. The fourth-order valence-electron chi connectivity index (χ4n) is 16.2. The second-order valence-electron chi connectivity index (χ2n) is 33.4. The minimum absolute atomic E-state index is 0.00191. The van der Waals surface area contributed by atoms with Crippen molar-refractivity contribution in [1.82, 2.24) is 103 Å². The summed E-state index contributed by atoms with van der Waals surface area (Å²) in [7, 11) is 2.72. The van der Waals surface area contributed by atoms with E-state index in [1.807, 2.05) is 13.8 Å². The summed E-state index contributed by atoms with van der Waals surface area (Å²) in [6.45, 7) is 5.61. The Kier molecular flexibility index (Phi) is 37.4. The maximum atomic E-state index is 15.7. The predicted molar refractivity (Wildman–Crippen MR) is 475 cm³/mol. The number of aromatic amines is 2. The number of phenols is 1. The van der Waals surface area contributed by atoms with Crippen LogP contribution in [0.2, 0.25) is 0 Å². The zero-order valence-electron chi connectivity index (χ0n) is 74.0. The van der Waals surface area contributed by atoms with E-state index in [0.717, 1.165) is 31.1 Å². The molecule has 16 amide bonds. The number of primary amides is 2. The second-order valence-corrected chi connectivity index (χ2v) is 34.4. The number of likely N-dealkylation sites (N-methyl/N-ethyl adjacent to an activating group) is 2. The van der Waals surface area contributed by atoms with Crippen LogP contribution < -0.4 is 76.1 Å². The first-order valence-corrected chi connectivity index (χ1v) is 44.9. The molecule has 2 fully saturated rings. The van der Waals surface area contributed by atoms with Crippen LogP contribution in [0.4, 0.5) is 0 Å². The lowest BCUT2D eigenvalue weighted by Crippen LogP contribution is -2.62. The smallest absolute Gasteiger partial charge is 0.246 e. The monoisotopic (exact) mass is 1830 g/mol. The third-order valence-corrected chi connectivity index (χ3v) is 24.3. The number of aromatic nitrogens is 6. The number of rotatable bonds is 24. The third kappa shape index (κ3) is 27.0. The van der Waals surface area contributed by atoms with Crippen molar-refractivity contribution in [3.05, 3.63) is 108 Å². The number of nitrogens with zero attached hydrogens (tertiary/aromatic N) is 8. The van der Waals surface area contributed by atoms with Gasteiger partial charge in [0.25, 0.3) is 0 Å². The molecule has 0 aliphatic carbocycles. The molecule has 3 aliphatic heterocycles. The molecule has 130 heavy (non-hydrogen) atoms. The zero-order valence-corrected chi connectivity index (χ0v) is 74.8. The number of tetrazole rings is 1. The lowest BCUT2D eigenvalue weighted by molar-refractivity contribution is -0.149. The molecule has 0 spiro atoms. The molecule has 3 aromatic heterocycles. The molecule has 0 radical (unpaired) electrons. The highest BCUT2D eigenvalue weighted by Crippen LogP contribution is 2.29. The summed E-state index contributed by atoms with van der Waals surface area (Å²) in [4.78, 5) is 244. The molecule has 0 unspecified atom stereocenters. The molecule has 43 nitrogen and oxygen atoms in total. The summed E-state index contributed by atoms with van der Waals surface area (Å²) in [5.74, 6) is -16.2. The Morgan fingerprint density at radius 2 is 1.13 bits per heavy atom. The van der Waals surface area contributed by atoms with E-state index in [4.69, 9.17) is 22.9 Å². The number of benzene rings is 3. The predicted octanol–water partition coefficient (Wildman–Crippen LogP) is -3.39. The second kappa shape index (κ2) is 48.1. The van der Waals surface area contributed by atoms with E-state index in [0.29, 0.717) is 64.2 Å². The van der Waals surface area contributed by atoms with Crippen molar-refractivity contribution in [2.75, 3.05) is 64.9 Å². The number of amides is 16. The Hall–Kier alpha value is -12.7. The van der Waals surface area contributed by atoms with Gasteiger partial charge >= 0.3 is 0 Å². The number of aliphatic hydroxyl groups is 2. The number of carbonyl (C=O) groups is 16. The first-order valence-electron chi connectivity index (χ1n) is 43.7. The Morgan fingerprint density at radius 3 is 1.75 bits per heavy atom. The van der Waals surface area contributed by atoms with Crippen molar-refractivity contribution in [1.29, 1.82) is 0 Å². The molecule has 3 aliphatic rings. The number of fused-ring (bicyclic) bond motifs is 5. The van der Waals surface area contributed by atoms with E-state index in [9.17, 15) is 58.5 Å². The van der Waals surface area contributed by atoms with Crippen molar-refractivity contribution in [3.8, 4) is 5.75 Å². The van der Waals surface area contributed by atoms with Crippen LogP contribution in [-0.2, 0) is 96.0 Å². The van der Waals surface area contributed by atoms with Crippen molar-refractivity contribution in [3.63, 3.8) is 0 Å². The SMILES string of the molecule is CCCC[C@H]1C(=O)N(C)[C@@H](CCCC)C(=O)N[C@@H](CCCN)C(=O)N[C@H](C(=O)NCC(N)=O)CSCC(=O)N[C@@H](Cc2ccc(O)cc2)c2nnnn2[C@@H](C)C(=O)N[C@@H](CC(N)=O)C(=O)N2CCC[C@H]2C(=O)N[C@@H](CN)C(=O)N[C@@H](CC(C)C)C(=O)N2C[C@H](O)C[C@H]2C(=O)N[C@@H](Cc2c[nH]c3ccccc23)C(=O)N[C@@H](CO)C(=O)N[C@@H](Cc2c[nH]c3ccccc23)C(=O)N1C. The topological polar surface area (TPSA) is 646 Å². The van der Waals surface area contributed by atoms with Gasteiger partial charge < -0.3 is 121 Å². The van der Waals surface area contributed by atoms with Gasteiger partial charge in [-0.15, -0.1) is 16.9 Å². The summed E-state index contributed by atoms with van der Waals surface area (Å²) in [6.07, 6.45) is 1.93. The van der Waals surface area contributed by atoms with Crippen LogP contribution in [-0.4, -0.2) is 303 Å². The van der Waals surface area contributed by atoms with Gasteiger partial charge in [0.2, 0.25) is 94.5 Å². The maximum Gasteiger partial charge on any atom is 0.246 e. The molecule has 3 aromatic carbocycles. The van der Waals surface area contributed by atoms with Crippen molar-refractivity contribution < 1.29 is 92.0 Å². The van der Waals surface area contributed by atoms with E-state index < -0.39 is 224 Å². The normalized spacial score (nSPS) is 25.1. The largest absolute Gasteiger partial charge is 0.508 e. The molecule has 0 bridgehead atoms. The van der Waals surface area contributed by atoms with E-state index in [-0.39, 0.29) is 107 Å². The standard InChI is InChI=1S/C86H122N24O19S/c1-8-10-23-66-80(123)95-57(22-16-30-87)76(119)102-65(75(118)93-41-71(90)115)44-130-45-72(116)94-58(33-48-26-28-51(112)29-27-48)73-103-104-105-110(73)47(5)74(117)97-62(37-70(89)114)84(127)108-31-17-25-67(108)81(124)100-63(38-88)78(121)98-60(32-46(3)4)85(128)109-42-52(113)36-69(109)82(125)96-59(34-49-39-91-55-20-14-12-18-53(49)55)77(120)101-64(43-111)79(122)99-61(35-50-40-92-56-21-15-13-19-54(50)56)83(126)107(7)68(24-11-9-2)86(129)106(66)6/h12-15,18-21,26-29,39-40,46-47,52,57-69,91-92,111-113H,8-11,16-17,22-25,30-38,41-45,87-88H2,1-7H3,(H2,89,114)(H2,90,115)(H,93,118)(H,94,116)(H,95,123)(H,96,125)(H,97,117)(H,98,121)(H,99,122)(H,100,124)(H,101,120)(H,102,119)/t47-,52+,57-,58-,59-,60-,61-,62-,63-,64-,65-,66-,67-,68-,69-/m0/s1. The van der Waals surface area contributed by atoms with Crippen LogP contribution in [0.1, 0.15) is 153 Å². The lowest BCUT2D eigenvalue weighted by Gasteiger charge is -2.36. The number of hydrogen-bond donors (Lipinski definition) is 19. The third-order valence-electron chi connectivity index (χ3n) is 23.3. The maximum absolute atomic E-state index is 15.7. The fourth-order valence-corrected chi connectivity index (χ4v) is 17.1. The highest BCUT2D eigenvalue weighted by Gasteiger charge is 2.47. The quantitative estimate of drug-likeness (QED) is 0.0281. The van der Waals surface area contributed by atoms with E-state index in [1.54, 1.807) is 74.8 Å². The van der Waals surface area contributed by atoms with Gasteiger partial charge in [-0.25, -0.2) is 4.68 Å². The number of carbonyl (C=O) groups excluding carboxylic acids is 16. The van der Waals surface area contributed by atoms with Crippen LogP contribution in [0.25, 0.3) is 21.8 Å². The molecule has 706 valence electrons. The minimum Gasteiger partial charge on any atom is -0.508 e. The summed E-state index contributed by atoms with van der Waals surface area (Å²) in [5, 5.41) is 72.6. The Bertz CT molecular complexity index is 5010. The number of aliphatic hydroxyl groups excluding tert-OH is 2. The van der Waals surface area contributed by atoms with Gasteiger partial charge in [0.1, 0.15) is 84.3 Å². The molecule has 6 heterocycles. The van der Waals surface area contributed by atoms with Gasteiger partial charge in [-0.2, -0.15) is 0 Å². The minimum atomic E-state index is -1.87. The van der Waals surface area contributed by atoms with Gasteiger partial charge in [0.05, 0.1) is 37.5 Å². The van der Waals surface area contributed by atoms with Gasteiger partial charge in [-0.1, -0.05) is 102 Å². The summed E-state index contributed by atoms with van der Waals surface area (Å²) >= 11 is 0.827. The van der Waals surface area contributed by atoms with Gasteiger partial charge in [0, 0.05) is 99.4 Å². The molecule has 0 saturated carbocycles. The number of aromatic hydroxyl groups is 1. The zero-order chi connectivity index (χ0) is 94.7. The molecule has 23 N–H and O–H groups in total. The van der Waals surface area contributed by atoms with E-state index >= 15 is 33.6 Å². The molecule has 44 heteroatoms. The molecule has 9 rings (SSSR count). The van der Waals surface area contributed by atoms with Crippen molar-refractivity contribution in [2.45, 2.75) is 228 Å². The average molecular weight is 1830 g/mol. The fraction of sp³-hybridized carbons (Fsp3) is 0.547. The first-order chi connectivity index (χ1) is 62.1. The summed E-state index contributed by atoms with van der Waals surface area (Å²) in [6, 6.07) is -1.25. The van der Waals surface area contributed by atoms with Gasteiger partial charge in [0.15, 0.2) is 5.82 Å². The molecule has 2 saturated heterocycles. The summed E-state index contributed by atoms with van der Waals surface area (Å²) in [5.41, 5.74) is 26.2. The number of para-hydroxylation sites is 2. The first kappa shape index (κ1) is 101. The van der Waals surface area contributed by atoms with Crippen LogP contribution >= 0.6 is 11.8 Å². The highest BCUT2D eigenvalue weighted by molar-refractivity contribution is 8.00. The van der Waals surface area contributed by atoms with Gasteiger partial charge in [-0.05, 0) is 116 Å². The van der Waals surface area contributed by atoms with Crippen LogP contribution in [0.3, 0.4) is 0 Å². The lowest BCUT2D eigenvalue weighted by atomic mass is 10.00. The summed E-state index contributed by atoms with van der Waals surface area (Å²) < 4.78 is 1.03. The van der Waals surface area contributed by atoms with Crippen molar-refractivity contribution >= 4 is 128 Å². The number of thioether (sulfide) groups is 1. The van der Waals surface area contributed by atoms with Crippen LogP contribution in [0.15, 0.2) is 85.2 Å². The van der Waals surface area contributed by atoms with Crippen LogP contribution in [0, 0.1) is 5.92 Å². The highest BCUT2D eigenvalue weighted by atomic mass is 32.2. The average Bonchev–Trinajstić information content (AvgIpc) is 1.66. The van der Waals surface area contributed by atoms with Crippen LogP contribution in [0.5, 0.6) is 5.75 Å². The molecule has 15 atom stereocenters. The Balaban J connectivity index is 1.09.